The number of nitrogens with one attached hydrogen (secondary N) is 1. The Labute approximate surface area is 161 Å². The molecule has 0 aromatic heterocycles. The smallest absolute Gasteiger partial charge is 0.225 e. The van der Waals surface area contributed by atoms with E-state index in [2.05, 4.69) is 10.2 Å². The summed E-state index contributed by atoms with van der Waals surface area (Å²) in [5, 5.41) is 3.15. The fourth-order valence-corrected chi connectivity index (χ4v) is 3.79. The van der Waals surface area contributed by atoms with Crippen LogP contribution in [-0.2, 0) is 9.59 Å². The summed E-state index contributed by atoms with van der Waals surface area (Å²) in [6, 6.07) is 8.05. The third-order valence-electron chi connectivity index (χ3n) is 5.36. The van der Waals surface area contributed by atoms with E-state index in [1.165, 1.54) is 0 Å². The molecule has 2 unspecified atom stereocenters. The van der Waals surface area contributed by atoms with E-state index in [0.717, 1.165) is 37.5 Å². The van der Waals surface area contributed by atoms with Gasteiger partial charge in [-0.25, -0.2) is 0 Å². The summed E-state index contributed by atoms with van der Waals surface area (Å²) in [7, 11) is 5.64. The van der Waals surface area contributed by atoms with Gasteiger partial charge in [0.2, 0.25) is 11.8 Å². The summed E-state index contributed by atoms with van der Waals surface area (Å²) in [5.41, 5.74) is 1.06. The van der Waals surface area contributed by atoms with E-state index in [0.29, 0.717) is 19.5 Å². The van der Waals surface area contributed by atoms with Crippen molar-refractivity contribution < 1.29 is 14.3 Å². The lowest BCUT2D eigenvalue weighted by molar-refractivity contribution is -0.129. The number of benzene rings is 1. The number of carbonyl (C=O) groups excluding carboxylic acids is 2. The van der Waals surface area contributed by atoms with Crippen molar-refractivity contribution in [3.05, 3.63) is 24.3 Å². The van der Waals surface area contributed by atoms with Gasteiger partial charge in [0.1, 0.15) is 5.75 Å². The molecule has 7 heteroatoms. The molecule has 148 valence electrons. The quantitative estimate of drug-likeness (QED) is 0.765. The number of anilines is 1. The van der Waals surface area contributed by atoms with Crippen molar-refractivity contribution in [1.29, 1.82) is 0 Å². The Bertz CT molecular complexity index is 679. The average molecular weight is 374 g/mol. The number of methoxy groups -OCH3 is 1. The topological polar surface area (TPSA) is 65.1 Å². The first-order valence-electron chi connectivity index (χ1n) is 9.58. The predicted octanol–water partition coefficient (Wildman–Crippen LogP) is 0.800. The number of carbonyl (C=O) groups is 2. The molecule has 27 heavy (non-hydrogen) atoms. The molecule has 2 heterocycles. The van der Waals surface area contributed by atoms with Gasteiger partial charge in [0.15, 0.2) is 0 Å². The van der Waals surface area contributed by atoms with Crippen LogP contribution in [0.5, 0.6) is 5.75 Å². The predicted molar refractivity (Wildman–Crippen MR) is 105 cm³/mol. The van der Waals surface area contributed by atoms with Crippen molar-refractivity contribution >= 4 is 17.5 Å². The molecule has 1 aromatic carbocycles. The molecule has 2 fully saturated rings. The van der Waals surface area contributed by atoms with Gasteiger partial charge in [-0.2, -0.15) is 0 Å². The molecule has 1 aromatic rings. The number of likely N-dealkylation sites (tertiary alicyclic amines) is 1. The minimum atomic E-state index is -0.236. The Hall–Kier alpha value is -2.28. The van der Waals surface area contributed by atoms with Gasteiger partial charge in [-0.05, 0) is 32.6 Å². The molecular formula is C20H30N4O3. The molecule has 2 saturated heterocycles. The van der Waals surface area contributed by atoms with Gasteiger partial charge in [-0.3, -0.25) is 9.59 Å². The van der Waals surface area contributed by atoms with E-state index < -0.39 is 0 Å². The van der Waals surface area contributed by atoms with E-state index in [1.807, 2.05) is 43.3 Å². The molecule has 1 N–H and O–H groups in total. The molecule has 2 amide bonds. The lowest BCUT2D eigenvalue weighted by atomic mass is 10.1. The number of hydrogen-bond donors (Lipinski definition) is 1. The highest BCUT2D eigenvalue weighted by Gasteiger charge is 2.35. The Morgan fingerprint density at radius 1 is 1.30 bits per heavy atom. The number of nitrogens with zero attached hydrogens (tertiary/aromatic N) is 3. The van der Waals surface area contributed by atoms with Crippen molar-refractivity contribution in [2.75, 3.05) is 58.8 Å². The lowest BCUT2D eigenvalue weighted by Crippen LogP contribution is -2.41. The van der Waals surface area contributed by atoms with E-state index in [9.17, 15) is 9.59 Å². The van der Waals surface area contributed by atoms with Crippen LogP contribution in [0.15, 0.2) is 24.3 Å². The number of para-hydroxylation sites is 2. The van der Waals surface area contributed by atoms with Crippen LogP contribution in [0.1, 0.15) is 12.8 Å². The molecule has 2 aliphatic rings. The van der Waals surface area contributed by atoms with Crippen LogP contribution in [0.25, 0.3) is 0 Å². The van der Waals surface area contributed by atoms with Gasteiger partial charge in [-0.1, -0.05) is 12.1 Å². The molecule has 0 spiro atoms. The maximum absolute atomic E-state index is 12.7. The normalized spacial score (nSPS) is 22.6. The molecule has 2 aliphatic heterocycles. The van der Waals surface area contributed by atoms with E-state index >= 15 is 0 Å². The zero-order chi connectivity index (χ0) is 19.4. The summed E-state index contributed by atoms with van der Waals surface area (Å²) in [6.45, 7) is 3.67. The maximum atomic E-state index is 12.7. The van der Waals surface area contributed by atoms with Crippen molar-refractivity contribution in [2.45, 2.75) is 18.9 Å². The van der Waals surface area contributed by atoms with Crippen LogP contribution in [0, 0.1) is 5.92 Å². The molecule has 0 saturated carbocycles. The zero-order valence-corrected chi connectivity index (χ0v) is 16.5. The molecule has 0 aliphatic carbocycles. The highest BCUT2D eigenvalue weighted by atomic mass is 16.5. The van der Waals surface area contributed by atoms with Crippen LogP contribution in [0.2, 0.25) is 0 Å². The second kappa shape index (κ2) is 8.61. The maximum Gasteiger partial charge on any atom is 0.225 e. The molecule has 0 bridgehead atoms. The number of amides is 2. The van der Waals surface area contributed by atoms with Gasteiger partial charge < -0.3 is 24.8 Å². The summed E-state index contributed by atoms with van der Waals surface area (Å²) >= 11 is 0. The van der Waals surface area contributed by atoms with Crippen LogP contribution in [0.4, 0.5) is 5.69 Å². The summed E-state index contributed by atoms with van der Waals surface area (Å²) in [4.78, 5) is 30.9. The SMILES string of the molecule is COc1ccccc1N1CCC(NC(=O)C2CC(=O)N(CCN(C)C)C2)C1. The Balaban J connectivity index is 1.51. The number of ether oxygens (including phenoxy) is 1. The molecule has 0 radical (unpaired) electrons. The highest BCUT2D eigenvalue weighted by Crippen LogP contribution is 2.30. The number of likely N-dealkylation sites (N-methyl/N-ethyl adjacent to an activating group) is 1. The van der Waals surface area contributed by atoms with Crippen LogP contribution in [-0.4, -0.2) is 81.6 Å². The van der Waals surface area contributed by atoms with Crippen molar-refractivity contribution in [3.63, 3.8) is 0 Å². The summed E-state index contributed by atoms with van der Waals surface area (Å²) in [6.07, 6.45) is 1.22. The van der Waals surface area contributed by atoms with Crippen LogP contribution >= 0.6 is 0 Å². The Morgan fingerprint density at radius 2 is 2.07 bits per heavy atom. The Morgan fingerprint density at radius 3 is 2.81 bits per heavy atom. The molecule has 2 atom stereocenters. The molecule has 7 nitrogen and oxygen atoms in total. The van der Waals surface area contributed by atoms with Gasteiger partial charge >= 0.3 is 0 Å². The fraction of sp³-hybridized carbons (Fsp3) is 0.600. The Kier molecular flexibility index (Phi) is 6.21. The van der Waals surface area contributed by atoms with Crippen molar-refractivity contribution in [3.8, 4) is 5.75 Å². The van der Waals surface area contributed by atoms with Gasteiger partial charge in [0.25, 0.3) is 0 Å². The number of hydrogen-bond acceptors (Lipinski definition) is 5. The molecular weight excluding hydrogens is 344 g/mol. The average Bonchev–Trinajstić information content (AvgIpc) is 3.26. The first kappa shape index (κ1) is 19.5. The summed E-state index contributed by atoms with van der Waals surface area (Å²) in [5.74, 6) is 0.698. The summed E-state index contributed by atoms with van der Waals surface area (Å²) < 4.78 is 5.44. The van der Waals surface area contributed by atoms with E-state index in [1.54, 1.807) is 12.0 Å². The van der Waals surface area contributed by atoms with Gasteiger partial charge in [0, 0.05) is 45.2 Å². The standard InChI is InChI=1S/C20H30N4O3/c1-22(2)10-11-24-13-15(12-19(24)25)20(26)21-16-8-9-23(14-16)17-6-4-5-7-18(17)27-3/h4-7,15-16H,8-14H2,1-3H3,(H,21,26). The number of rotatable bonds is 7. The highest BCUT2D eigenvalue weighted by molar-refractivity contribution is 5.89. The third-order valence-corrected chi connectivity index (χ3v) is 5.36. The minimum absolute atomic E-state index is 0.00239. The largest absolute Gasteiger partial charge is 0.495 e. The van der Waals surface area contributed by atoms with Crippen LogP contribution in [0.3, 0.4) is 0 Å². The van der Waals surface area contributed by atoms with Gasteiger partial charge in [-0.15, -0.1) is 0 Å². The second-order valence-electron chi connectivity index (χ2n) is 7.66. The third kappa shape index (κ3) is 4.71. The zero-order valence-electron chi connectivity index (χ0n) is 16.5. The lowest BCUT2D eigenvalue weighted by Gasteiger charge is -2.22. The first-order valence-corrected chi connectivity index (χ1v) is 9.58. The van der Waals surface area contributed by atoms with Crippen molar-refractivity contribution in [2.24, 2.45) is 5.92 Å². The van der Waals surface area contributed by atoms with Gasteiger partial charge in [0.05, 0.1) is 18.7 Å². The molecule has 3 rings (SSSR count). The second-order valence-corrected chi connectivity index (χ2v) is 7.66. The van der Waals surface area contributed by atoms with E-state index in [-0.39, 0.29) is 23.8 Å². The minimum Gasteiger partial charge on any atom is -0.495 e. The monoisotopic (exact) mass is 374 g/mol. The fourth-order valence-electron chi connectivity index (χ4n) is 3.79. The first-order chi connectivity index (χ1) is 13.0. The van der Waals surface area contributed by atoms with E-state index in [4.69, 9.17) is 4.74 Å². The van der Waals surface area contributed by atoms with Crippen molar-refractivity contribution in [1.82, 2.24) is 15.1 Å². The van der Waals surface area contributed by atoms with Crippen LogP contribution < -0.4 is 15.0 Å².